The van der Waals surface area contributed by atoms with Gasteiger partial charge in [-0.15, -0.1) is 5.10 Å². The van der Waals surface area contributed by atoms with Crippen molar-refractivity contribution in [1.29, 1.82) is 0 Å². The number of aromatic nitrogens is 4. The molecule has 0 N–H and O–H groups in total. The Hall–Kier alpha value is -2.74. The van der Waals surface area contributed by atoms with Crippen LogP contribution in [0.1, 0.15) is 16.7 Å². The Morgan fingerprint density at radius 3 is 2.75 bits per heavy atom. The van der Waals surface area contributed by atoms with E-state index in [1.54, 1.807) is 22.9 Å². The molecule has 122 valence electrons. The topological polar surface area (TPSA) is 86.7 Å². The minimum atomic E-state index is -0.371. The molecule has 0 radical (unpaired) electrons. The number of nitro benzene ring substituents is 1. The van der Waals surface area contributed by atoms with Crippen LogP contribution in [-0.2, 0) is 5.75 Å². The van der Waals surface area contributed by atoms with Crippen LogP contribution in [0.2, 0.25) is 0 Å². The van der Waals surface area contributed by atoms with Crippen LogP contribution in [0.4, 0.5) is 5.69 Å². The monoisotopic (exact) mass is 341 g/mol. The molecule has 0 amide bonds. The van der Waals surface area contributed by atoms with Gasteiger partial charge in [-0.2, -0.15) is 4.68 Å². The number of hydrogen-bond acceptors (Lipinski definition) is 6. The third-order valence-electron chi connectivity index (χ3n) is 3.79. The van der Waals surface area contributed by atoms with Crippen LogP contribution in [0, 0.1) is 24.0 Å². The van der Waals surface area contributed by atoms with Crippen LogP contribution >= 0.6 is 11.8 Å². The highest BCUT2D eigenvalue weighted by Crippen LogP contribution is 2.28. The molecule has 24 heavy (non-hydrogen) atoms. The van der Waals surface area contributed by atoms with Crippen molar-refractivity contribution in [3.8, 4) is 5.69 Å². The summed E-state index contributed by atoms with van der Waals surface area (Å²) in [6.45, 7) is 4.05. The fourth-order valence-corrected chi connectivity index (χ4v) is 3.22. The van der Waals surface area contributed by atoms with Gasteiger partial charge in [-0.3, -0.25) is 10.1 Å². The first-order valence-corrected chi connectivity index (χ1v) is 8.26. The average Bonchev–Trinajstić information content (AvgIpc) is 3.04. The summed E-state index contributed by atoms with van der Waals surface area (Å²) in [4.78, 5) is 10.7. The first-order chi connectivity index (χ1) is 11.6. The van der Waals surface area contributed by atoms with Gasteiger partial charge in [0.1, 0.15) is 0 Å². The van der Waals surface area contributed by atoms with E-state index in [1.165, 1.54) is 17.8 Å². The first kappa shape index (κ1) is 16.1. The maximum atomic E-state index is 11.1. The molecule has 0 unspecified atom stereocenters. The van der Waals surface area contributed by atoms with Gasteiger partial charge in [-0.1, -0.05) is 42.1 Å². The van der Waals surface area contributed by atoms with E-state index in [1.807, 2.05) is 32.0 Å². The Morgan fingerprint density at radius 2 is 1.96 bits per heavy atom. The van der Waals surface area contributed by atoms with E-state index < -0.39 is 0 Å². The van der Waals surface area contributed by atoms with Crippen molar-refractivity contribution in [3.63, 3.8) is 0 Å². The van der Waals surface area contributed by atoms with Crippen LogP contribution in [0.5, 0.6) is 0 Å². The molecule has 0 aliphatic carbocycles. The number of thioether (sulfide) groups is 1. The first-order valence-electron chi connectivity index (χ1n) is 7.28. The van der Waals surface area contributed by atoms with Gasteiger partial charge in [-0.05, 0) is 41.5 Å². The number of nitrogens with zero attached hydrogens (tertiary/aromatic N) is 5. The Morgan fingerprint density at radius 1 is 1.17 bits per heavy atom. The van der Waals surface area contributed by atoms with E-state index in [0.717, 1.165) is 16.8 Å². The summed E-state index contributed by atoms with van der Waals surface area (Å²) < 4.78 is 1.67. The second-order valence-electron chi connectivity index (χ2n) is 5.27. The summed E-state index contributed by atoms with van der Waals surface area (Å²) in [6, 6.07) is 12.6. The van der Waals surface area contributed by atoms with Crippen LogP contribution < -0.4 is 0 Å². The molecule has 0 saturated carbocycles. The maximum Gasteiger partial charge on any atom is 0.273 e. The number of rotatable bonds is 5. The molecule has 0 aliphatic heterocycles. The van der Waals surface area contributed by atoms with E-state index in [2.05, 4.69) is 15.5 Å². The van der Waals surface area contributed by atoms with E-state index in [-0.39, 0.29) is 10.6 Å². The minimum absolute atomic E-state index is 0.107. The van der Waals surface area contributed by atoms with Gasteiger partial charge in [-0.25, -0.2) is 0 Å². The van der Waals surface area contributed by atoms with E-state index in [9.17, 15) is 10.1 Å². The van der Waals surface area contributed by atoms with Crippen LogP contribution in [0.15, 0.2) is 47.6 Å². The van der Waals surface area contributed by atoms with E-state index >= 15 is 0 Å². The van der Waals surface area contributed by atoms with Gasteiger partial charge in [0.05, 0.1) is 10.6 Å². The van der Waals surface area contributed by atoms with Crippen LogP contribution in [0.25, 0.3) is 5.69 Å². The number of para-hydroxylation sites is 1. The molecule has 2 aromatic carbocycles. The zero-order valence-electron chi connectivity index (χ0n) is 13.2. The summed E-state index contributed by atoms with van der Waals surface area (Å²) in [5, 5.41) is 23.6. The molecule has 0 fully saturated rings. The predicted molar refractivity (Wildman–Crippen MR) is 91.3 cm³/mol. The third kappa shape index (κ3) is 3.13. The van der Waals surface area contributed by atoms with Crippen molar-refractivity contribution in [2.24, 2.45) is 0 Å². The molecular weight excluding hydrogens is 326 g/mol. The number of hydrogen-bond donors (Lipinski definition) is 0. The SMILES string of the molecule is Cc1cccc(-n2nnnc2SCc2ccccc2[N+](=O)[O-])c1C. The highest BCUT2D eigenvalue weighted by Gasteiger charge is 2.16. The molecule has 0 aliphatic rings. The highest BCUT2D eigenvalue weighted by molar-refractivity contribution is 7.98. The smallest absolute Gasteiger partial charge is 0.258 e. The van der Waals surface area contributed by atoms with Crippen molar-refractivity contribution in [2.45, 2.75) is 24.8 Å². The third-order valence-corrected chi connectivity index (χ3v) is 4.76. The van der Waals surface area contributed by atoms with Gasteiger partial charge in [0.25, 0.3) is 5.69 Å². The van der Waals surface area contributed by atoms with Gasteiger partial charge in [0.2, 0.25) is 5.16 Å². The van der Waals surface area contributed by atoms with E-state index in [4.69, 9.17) is 0 Å². The largest absolute Gasteiger partial charge is 0.273 e. The van der Waals surface area contributed by atoms with Gasteiger partial charge in [0, 0.05) is 17.4 Å². The van der Waals surface area contributed by atoms with Gasteiger partial charge >= 0.3 is 0 Å². The zero-order valence-corrected chi connectivity index (χ0v) is 14.0. The average molecular weight is 341 g/mol. The normalized spacial score (nSPS) is 10.8. The second kappa shape index (κ2) is 6.79. The molecule has 0 spiro atoms. The standard InChI is InChI=1S/C16H15N5O2S/c1-11-6-5-9-14(12(11)2)20-16(17-18-19-20)24-10-13-7-3-4-8-15(13)21(22)23/h3-9H,10H2,1-2H3. The van der Waals surface area contributed by atoms with Gasteiger partial charge in [0.15, 0.2) is 0 Å². The van der Waals surface area contributed by atoms with Crippen molar-refractivity contribution < 1.29 is 4.92 Å². The molecule has 7 nitrogen and oxygen atoms in total. The minimum Gasteiger partial charge on any atom is -0.258 e. The summed E-state index contributed by atoms with van der Waals surface area (Å²) in [5.74, 6) is 0.419. The lowest BCUT2D eigenvalue weighted by Gasteiger charge is -2.09. The summed E-state index contributed by atoms with van der Waals surface area (Å²) >= 11 is 1.37. The quantitative estimate of drug-likeness (QED) is 0.401. The molecule has 0 atom stereocenters. The van der Waals surface area contributed by atoms with Crippen molar-refractivity contribution in [2.75, 3.05) is 0 Å². The Balaban J connectivity index is 1.88. The van der Waals surface area contributed by atoms with Crippen molar-refractivity contribution in [1.82, 2.24) is 20.2 Å². The lowest BCUT2D eigenvalue weighted by Crippen LogP contribution is -2.03. The predicted octanol–water partition coefficient (Wildman–Crippen LogP) is 3.48. The number of tetrazole rings is 1. The van der Waals surface area contributed by atoms with Gasteiger partial charge < -0.3 is 0 Å². The molecule has 1 heterocycles. The number of aryl methyl sites for hydroxylation is 1. The zero-order chi connectivity index (χ0) is 17.1. The second-order valence-corrected chi connectivity index (χ2v) is 6.21. The van der Waals surface area contributed by atoms with Crippen molar-refractivity contribution >= 4 is 17.4 Å². The lowest BCUT2D eigenvalue weighted by molar-refractivity contribution is -0.385. The highest BCUT2D eigenvalue weighted by atomic mass is 32.2. The fourth-order valence-electron chi connectivity index (χ4n) is 2.34. The molecule has 3 rings (SSSR count). The summed E-state index contributed by atoms with van der Waals surface area (Å²) in [7, 11) is 0. The lowest BCUT2D eigenvalue weighted by atomic mass is 10.1. The van der Waals surface area contributed by atoms with Crippen molar-refractivity contribution in [3.05, 3.63) is 69.3 Å². The fraction of sp³-hybridized carbons (Fsp3) is 0.188. The Bertz CT molecular complexity index is 894. The molecule has 3 aromatic rings. The molecule has 0 saturated heterocycles. The maximum absolute atomic E-state index is 11.1. The number of benzene rings is 2. The summed E-state index contributed by atoms with van der Waals surface area (Å²) in [6.07, 6.45) is 0. The van der Waals surface area contributed by atoms with Crippen LogP contribution in [0.3, 0.4) is 0 Å². The molecule has 8 heteroatoms. The van der Waals surface area contributed by atoms with E-state index in [0.29, 0.717) is 16.5 Å². The summed E-state index contributed by atoms with van der Waals surface area (Å²) in [5.41, 5.74) is 3.90. The van der Waals surface area contributed by atoms with Crippen LogP contribution in [-0.4, -0.2) is 25.1 Å². The molecular formula is C16H15N5O2S. The number of nitro groups is 1. The Kier molecular flexibility index (Phi) is 4.57. The molecule has 0 bridgehead atoms. The molecule has 1 aromatic heterocycles. The Labute approximate surface area is 142 Å².